The zero-order chi connectivity index (χ0) is 15.4. The summed E-state index contributed by atoms with van der Waals surface area (Å²) in [7, 11) is 1.84. The van der Waals surface area contributed by atoms with Crippen molar-refractivity contribution in [3.63, 3.8) is 0 Å². The van der Waals surface area contributed by atoms with Crippen LogP contribution in [0.3, 0.4) is 0 Å². The van der Waals surface area contributed by atoms with E-state index in [0.717, 1.165) is 16.8 Å². The van der Waals surface area contributed by atoms with E-state index in [1.165, 1.54) is 0 Å². The summed E-state index contributed by atoms with van der Waals surface area (Å²) in [6.45, 7) is 3.84. The van der Waals surface area contributed by atoms with Gasteiger partial charge in [-0.05, 0) is 49.2 Å². The van der Waals surface area contributed by atoms with Crippen LogP contribution in [0.2, 0.25) is 0 Å². The Morgan fingerprint density at radius 1 is 1.14 bits per heavy atom. The molecule has 1 atom stereocenters. The van der Waals surface area contributed by atoms with Gasteiger partial charge in [0, 0.05) is 18.3 Å². The van der Waals surface area contributed by atoms with Gasteiger partial charge in [0.05, 0.1) is 6.04 Å². The Labute approximate surface area is 124 Å². The van der Waals surface area contributed by atoms with E-state index in [1.54, 1.807) is 24.3 Å². The molecule has 4 nitrogen and oxygen atoms in total. The lowest BCUT2D eigenvalue weighted by Crippen LogP contribution is -2.27. The lowest BCUT2D eigenvalue weighted by molar-refractivity contribution is 0.0939. The van der Waals surface area contributed by atoms with Gasteiger partial charge in [0.1, 0.15) is 5.75 Å². The summed E-state index contributed by atoms with van der Waals surface area (Å²) in [4.78, 5) is 12.4. The molecule has 21 heavy (non-hydrogen) atoms. The fraction of sp³-hybridized carbons (Fsp3) is 0.235. The molecule has 0 aliphatic carbocycles. The predicted molar refractivity (Wildman–Crippen MR) is 84.7 cm³/mol. The van der Waals surface area contributed by atoms with Gasteiger partial charge >= 0.3 is 0 Å². The van der Waals surface area contributed by atoms with Crippen molar-refractivity contribution in [1.29, 1.82) is 0 Å². The molecule has 1 amide bonds. The number of phenols is 1. The zero-order valence-electron chi connectivity index (χ0n) is 12.5. The molecule has 2 aromatic rings. The third kappa shape index (κ3) is 3.34. The number of benzene rings is 2. The van der Waals surface area contributed by atoms with Crippen LogP contribution in [0.25, 0.3) is 0 Å². The second-order valence-electron chi connectivity index (χ2n) is 5.01. The molecule has 0 spiro atoms. The minimum atomic E-state index is -0.129. The van der Waals surface area contributed by atoms with Gasteiger partial charge in [-0.15, -0.1) is 0 Å². The maximum atomic E-state index is 12.4. The number of carbonyl (C=O) groups excluding carboxylic acids is 1. The van der Waals surface area contributed by atoms with Crippen LogP contribution in [-0.2, 0) is 0 Å². The first-order valence-electron chi connectivity index (χ1n) is 6.90. The van der Waals surface area contributed by atoms with Crippen molar-refractivity contribution in [2.24, 2.45) is 0 Å². The van der Waals surface area contributed by atoms with Gasteiger partial charge in [0.2, 0.25) is 0 Å². The molecule has 0 heterocycles. The van der Waals surface area contributed by atoms with Crippen molar-refractivity contribution in [3.05, 3.63) is 59.2 Å². The van der Waals surface area contributed by atoms with Crippen molar-refractivity contribution in [2.75, 3.05) is 12.4 Å². The zero-order valence-corrected chi connectivity index (χ0v) is 12.5. The largest absolute Gasteiger partial charge is 0.508 e. The van der Waals surface area contributed by atoms with E-state index in [9.17, 15) is 9.90 Å². The number of nitrogens with one attached hydrogen (secondary N) is 2. The van der Waals surface area contributed by atoms with Crippen LogP contribution in [0.5, 0.6) is 5.75 Å². The fourth-order valence-electron chi connectivity index (χ4n) is 2.27. The van der Waals surface area contributed by atoms with Gasteiger partial charge in [-0.25, -0.2) is 0 Å². The van der Waals surface area contributed by atoms with Gasteiger partial charge in [-0.3, -0.25) is 4.79 Å². The normalized spacial score (nSPS) is 11.8. The number of aromatic hydroxyl groups is 1. The van der Waals surface area contributed by atoms with Crippen LogP contribution in [0.15, 0.2) is 42.5 Å². The Hall–Kier alpha value is -2.49. The van der Waals surface area contributed by atoms with E-state index in [4.69, 9.17) is 0 Å². The first kappa shape index (κ1) is 14.9. The SMILES string of the molecule is CNc1cccc(C(=O)NC(C)c2ccc(O)cc2)c1C. The highest BCUT2D eigenvalue weighted by atomic mass is 16.3. The number of anilines is 1. The second-order valence-corrected chi connectivity index (χ2v) is 5.01. The van der Waals surface area contributed by atoms with Crippen LogP contribution < -0.4 is 10.6 Å². The molecule has 110 valence electrons. The standard InChI is InChI=1S/C17H20N2O2/c1-11-15(5-4-6-16(11)18-3)17(21)19-12(2)13-7-9-14(20)10-8-13/h4-10,12,18,20H,1-3H3,(H,19,21). The molecule has 0 fully saturated rings. The quantitative estimate of drug-likeness (QED) is 0.807. The van der Waals surface area contributed by atoms with E-state index >= 15 is 0 Å². The van der Waals surface area contributed by atoms with Gasteiger partial charge in [0.15, 0.2) is 0 Å². The molecule has 0 aliphatic rings. The van der Waals surface area contributed by atoms with Gasteiger partial charge in [-0.2, -0.15) is 0 Å². The highest BCUT2D eigenvalue weighted by Gasteiger charge is 2.14. The molecule has 0 saturated carbocycles. The second kappa shape index (κ2) is 6.31. The minimum Gasteiger partial charge on any atom is -0.508 e. The number of hydrogen-bond donors (Lipinski definition) is 3. The van der Waals surface area contributed by atoms with Crippen LogP contribution in [0, 0.1) is 6.92 Å². The molecule has 0 aliphatic heterocycles. The number of phenolic OH excluding ortho intramolecular Hbond substituents is 1. The molecule has 3 N–H and O–H groups in total. The summed E-state index contributed by atoms with van der Waals surface area (Å²) in [6, 6.07) is 12.3. The Bertz CT molecular complexity index is 636. The molecule has 0 aromatic heterocycles. The number of amides is 1. The van der Waals surface area contributed by atoms with Gasteiger partial charge in [0.25, 0.3) is 5.91 Å². The molecule has 1 unspecified atom stereocenters. The van der Waals surface area contributed by atoms with Crippen LogP contribution >= 0.6 is 0 Å². The van der Waals surface area contributed by atoms with Gasteiger partial charge < -0.3 is 15.7 Å². The first-order valence-corrected chi connectivity index (χ1v) is 6.90. The third-order valence-corrected chi connectivity index (χ3v) is 3.59. The summed E-state index contributed by atoms with van der Waals surface area (Å²) in [5.74, 6) is 0.111. The number of carbonyl (C=O) groups is 1. The Morgan fingerprint density at radius 2 is 1.81 bits per heavy atom. The van der Waals surface area contributed by atoms with E-state index < -0.39 is 0 Å². The molecular formula is C17H20N2O2. The highest BCUT2D eigenvalue weighted by Crippen LogP contribution is 2.20. The summed E-state index contributed by atoms with van der Waals surface area (Å²) in [6.07, 6.45) is 0. The summed E-state index contributed by atoms with van der Waals surface area (Å²) in [5, 5.41) is 15.3. The molecule has 0 bridgehead atoms. The monoisotopic (exact) mass is 284 g/mol. The van der Waals surface area contributed by atoms with Crippen molar-refractivity contribution in [2.45, 2.75) is 19.9 Å². The molecule has 0 radical (unpaired) electrons. The molecule has 2 rings (SSSR count). The third-order valence-electron chi connectivity index (χ3n) is 3.59. The van der Waals surface area contributed by atoms with Crippen LogP contribution in [0.1, 0.15) is 34.5 Å². The minimum absolute atomic E-state index is 0.106. The topological polar surface area (TPSA) is 61.4 Å². The Kier molecular flexibility index (Phi) is 4.48. The first-order chi connectivity index (χ1) is 10.0. The van der Waals surface area contributed by atoms with Crippen molar-refractivity contribution in [3.8, 4) is 5.75 Å². The number of hydrogen-bond acceptors (Lipinski definition) is 3. The van der Waals surface area contributed by atoms with Gasteiger partial charge in [-0.1, -0.05) is 18.2 Å². The van der Waals surface area contributed by atoms with Crippen molar-refractivity contribution < 1.29 is 9.90 Å². The van der Waals surface area contributed by atoms with Crippen molar-refractivity contribution >= 4 is 11.6 Å². The highest BCUT2D eigenvalue weighted by molar-refractivity contribution is 5.97. The average molecular weight is 284 g/mol. The Morgan fingerprint density at radius 3 is 2.43 bits per heavy atom. The van der Waals surface area contributed by atoms with E-state index in [-0.39, 0.29) is 17.7 Å². The van der Waals surface area contributed by atoms with Crippen LogP contribution in [0.4, 0.5) is 5.69 Å². The lowest BCUT2D eigenvalue weighted by Gasteiger charge is -2.16. The molecule has 0 saturated heterocycles. The van der Waals surface area contributed by atoms with E-state index in [1.807, 2.05) is 39.1 Å². The Balaban J connectivity index is 2.16. The maximum absolute atomic E-state index is 12.4. The molecular weight excluding hydrogens is 264 g/mol. The smallest absolute Gasteiger partial charge is 0.252 e. The molecule has 4 heteroatoms. The number of rotatable bonds is 4. The lowest BCUT2D eigenvalue weighted by atomic mass is 10.0. The summed E-state index contributed by atoms with van der Waals surface area (Å²) >= 11 is 0. The molecule has 2 aromatic carbocycles. The van der Waals surface area contributed by atoms with Crippen molar-refractivity contribution in [1.82, 2.24) is 5.32 Å². The summed E-state index contributed by atoms with van der Waals surface area (Å²) < 4.78 is 0. The predicted octanol–water partition coefficient (Wildman–Crippen LogP) is 3.23. The average Bonchev–Trinajstić information content (AvgIpc) is 2.48. The maximum Gasteiger partial charge on any atom is 0.252 e. The van der Waals surface area contributed by atoms with E-state index in [2.05, 4.69) is 10.6 Å². The summed E-state index contributed by atoms with van der Waals surface area (Å²) in [5.41, 5.74) is 3.48. The fourth-order valence-corrected chi connectivity index (χ4v) is 2.27. The van der Waals surface area contributed by atoms with E-state index in [0.29, 0.717) is 5.56 Å². The van der Waals surface area contributed by atoms with Crippen LogP contribution in [-0.4, -0.2) is 18.1 Å².